The van der Waals surface area contributed by atoms with E-state index in [1.807, 2.05) is 48.5 Å². The molecular formula is C17H15ClN4OS. The van der Waals surface area contributed by atoms with E-state index in [2.05, 4.69) is 15.5 Å². The lowest BCUT2D eigenvalue weighted by Crippen LogP contribution is -1.96. The first-order valence-electron chi connectivity index (χ1n) is 7.16. The molecule has 0 aliphatic carbocycles. The van der Waals surface area contributed by atoms with E-state index in [1.54, 1.807) is 11.6 Å². The van der Waals surface area contributed by atoms with Crippen molar-refractivity contribution in [3.8, 4) is 5.75 Å². The van der Waals surface area contributed by atoms with Gasteiger partial charge in [-0.3, -0.25) is 5.43 Å². The number of hydrogen-bond donors (Lipinski definition) is 2. The van der Waals surface area contributed by atoms with Crippen LogP contribution >= 0.6 is 22.9 Å². The standard InChI is InChI=1S/C17H15ClN4OS/c18-14-6-4-12(5-7-14)10-23-15-3-1-2-13(8-15)9-20-22-17-21-16(19)11-24-17/h1-9,11H,10,19H2,(H,21,22). The molecule has 0 amide bonds. The van der Waals surface area contributed by atoms with Crippen LogP contribution < -0.4 is 15.9 Å². The second-order valence-corrected chi connectivity index (χ2v) is 6.23. The Morgan fingerprint density at radius 1 is 1.25 bits per heavy atom. The normalized spacial score (nSPS) is 10.9. The molecular weight excluding hydrogens is 344 g/mol. The van der Waals surface area contributed by atoms with Crippen LogP contribution in [0, 0.1) is 0 Å². The van der Waals surface area contributed by atoms with Crippen LogP contribution in [0.15, 0.2) is 59.0 Å². The van der Waals surface area contributed by atoms with E-state index < -0.39 is 0 Å². The minimum atomic E-state index is 0.481. The number of nitrogens with zero attached hydrogens (tertiary/aromatic N) is 2. The highest BCUT2D eigenvalue weighted by molar-refractivity contribution is 7.14. The molecule has 3 aromatic rings. The Morgan fingerprint density at radius 2 is 2.08 bits per heavy atom. The monoisotopic (exact) mass is 358 g/mol. The number of nitrogen functional groups attached to an aromatic ring is 1. The first kappa shape index (κ1) is 16.3. The molecule has 0 unspecified atom stereocenters. The van der Waals surface area contributed by atoms with Gasteiger partial charge in [-0.2, -0.15) is 5.10 Å². The SMILES string of the molecule is Nc1csc(NN=Cc2cccc(OCc3ccc(Cl)cc3)c2)n1. The number of benzene rings is 2. The predicted molar refractivity (Wildman–Crippen MR) is 100.0 cm³/mol. The summed E-state index contributed by atoms with van der Waals surface area (Å²) in [6.45, 7) is 0.481. The first-order valence-corrected chi connectivity index (χ1v) is 8.42. The van der Waals surface area contributed by atoms with E-state index >= 15 is 0 Å². The van der Waals surface area contributed by atoms with Crippen LogP contribution in [-0.4, -0.2) is 11.2 Å². The zero-order valence-corrected chi connectivity index (χ0v) is 14.2. The summed E-state index contributed by atoms with van der Waals surface area (Å²) >= 11 is 7.27. The number of rotatable bonds is 6. The highest BCUT2D eigenvalue weighted by Crippen LogP contribution is 2.17. The third-order valence-corrected chi connectivity index (χ3v) is 4.09. The van der Waals surface area contributed by atoms with Crippen LogP contribution in [0.25, 0.3) is 0 Å². The molecule has 0 radical (unpaired) electrons. The number of nitrogens with two attached hydrogens (primary N) is 1. The summed E-state index contributed by atoms with van der Waals surface area (Å²) in [5.41, 5.74) is 10.4. The van der Waals surface area contributed by atoms with E-state index in [0.29, 0.717) is 22.6 Å². The van der Waals surface area contributed by atoms with Gasteiger partial charge in [0.25, 0.3) is 0 Å². The predicted octanol–water partition coefficient (Wildman–Crippen LogP) is 4.40. The molecule has 0 saturated heterocycles. The van der Waals surface area contributed by atoms with Crippen molar-refractivity contribution in [2.45, 2.75) is 6.61 Å². The molecule has 0 bridgehead atoms. The fourth-order valence-electron chi connectivity index (χ4n) is 1.93. The van der Waals surface area contributed by atoms with Crippen molar-refractivity contribution in [1.29, 1.82) is 0 Å². The second kappa shape index (κ2) is 7.81. The van der Waals surface area contributed by atoms with Gasteiger partial charge in [0.2, 0.25) is 5.13 Å². The molecule has 0 fully saturated rings. The van der Waals surface area contributed by atoms with Crippen molar-refractivity contribution in [2.24, 2.45) is 5.10 Å². The van der Waals surface area contributed by atoms with Crippen molar-refractivity contribution >= 4 is 40.1 Å². The fraction of sp³-hybridized carbons (Fsp3) is 0.0588. The number of thiazole rings is 1. The van der Waals surface area contributed by atoms with Gasteiger partial charge in [0.05, 0.1) is 6.21 Å². The van der Waals surface area contributed by atoms with Crippen molar-refractivity contribution in [3.63, 3.8) is 0 Å². The molecule has 0 saturated carbocycles. The summed E-state index contributed by atoms with van der Waals surface area (Å²) in [7, 11) is 0. The summed E-state index contributed by atoms with van der Waals surface area (Å²) in [6.07, 6.45) is 1.70. The lowest BCUT2D eigenvalue weighted by atomic mass is 10.2. The molecule has 5 nitrogen and oxygen atoms in total. The minimum absolute atomic E-state index is 0.481. The Morgan fingerprint density at radius 3 is 2.83 bits per heavy atom. The summed E-state index contributed by atoms with van der Waals surface area (Å²) < 4.78 is 5.79. The minimum Gasteiger partial charge on any atom is -0.489 e. The fourth-order valence-corrected chi connectivity index (χ4v) is 2.61. The van der Waals surface area contributed by atoms with Gasteiger partial charge < -0.3 is 10.5 Å². The Bertz CT molecular complexity index is 833. The maximum absolute atomic E-state index is 5.87. The van der Waals surface area contributed by atoms with E-state index in [0.717, 1.165) is 16.9 Å². The molecule has 0 aliphatic rings. The number of nitrogens with one attached hydrogen (secondary N) is 1. The third kappa shape index (κ3) is 4.71. The van der Waals surface area contributed by atoms with Gasteiger partial charge in [0.15, 0.2) is 0 Å². The number of halogens is 1. The molecule has 122 valence electrons. The second-order valence-electron chi connectivity index (χ2n) is 4.94. The van der Waals surface area contributed by atoms with Crippen molar-refractivity contribution in [3.05, 3.63) is 70.1 Å². The highest BCUT2D eigenvalue weighted by Gasteiger charge is 1.99. The Labute approximate surface area is 148 Å². The van der Waals surface area contributed by atoms with Gasteiger partial charge in [0, 0.05) is 10.4 Å². The van der Waals surface area contributed by atoms with Gasteiger partial charge in [-0.25, -0.2) is 4.98 Å². The highest BCUT2D eigenvalue weighted by atomic mass is 35.5. The first-order chi connectivity index (χ1) is 11.7. The van der Waals surface area contributed by atoms with E-state index in [-0.39, 0.29) is 0 Å². The van der Waals surface area contributed by atoms with Crippen LogP contribution in [0.2, 0.25) is 5.02 Å². The van der Waals surface area contributed by atoms with Gasteiger partial charge in [0.1, 0.15) is 18.2 Å². The zero-order valence-electron chi connectivity index (χ0n) is 12.6. The zero-order chi connectivity index (χ0) is 16.8. The molecule has 1 heterocycles. The summed E-state index contributed by atoms with van der Waals surface area (Å²) in [6, 6.07) is 15.3. The van der Waals surface area contributed by atoms with Gasteiger partial charge >= 0.3 is 0 Å². The lowest BCUT2D eigenvalue weighted by molar-refractivity contribution is 0.306. The molecule has 3 N–H and O–H groups in total. The van der Waals surface area contributed by atoms with Gasteiger partial charge in [-0.05, 0) is 35.4 Å². The van der Waals surface area contributed by atoms with Crippen LogP contribution in [0.5, 0.6) is 5.75 Å². The molecule has 0 spiro atoms. The lowest BCUT2D eigenvalue weighted by Gasteiger charge is -2.07. The summed E-state index contributed by atoms with van der Waals surface area (Å²) in [5, 5.41) is 7.26. The van der Waals surface area contributed by atoms with Crippen LogP contribution in [0.3, 0.4) is 0 Å². The van der Waals surface area contributed by atoms with Crippen LogP contribution in [0.1, 0.15) is 11.1 Å². The number of hydrazone groups is 1. The van der Waals surface area contributed by atoms with Gasteiger partial charge in [-0.1, -0.05) is 35.9 Å². The largest absolute Gasteiger partial charge is 0.489 e. The van der Waals surface area contributed by atoms with Crippen molar-refractivity contribution < 1.29 is 4.74 Å². The summed E-state index contributed by atoms with van der Waals surface area (Å²) in [5.74, 6) is 1.25. The molecule has 3 rings (SSSR count). The number of ether oxygens (including phenoxy) is 1. The van der Waals surface area contributed by atoms with Crippen LogP contribution in [-0.2, 0) is 6.61 Å². The Kier molecular flexibility index (Phi) is 5.30. The van der Waals surface area contributed by atoms with Crippen LogP contribution in [0.4, 0.5) is 10.9 Å². The van der Waals surface area contributed by atoms with Gasteiger partial charge in [-0.15, -0.1) is 11.3 Å². The Balaban J connectivity index is 1.58. The smallest absolute Gasteiger partial charge is 0.205 e. The van der Waals surface area contributed by atoms with E-state index in [4.69, 9.17) is 22.1 Å². The third-order valence-electron chi connectivity index (χ3n) is 3.07. The molecule has 0 aliphatic heterocycles. The average Bonchev–Trinajstić information content (AvgIpc) is 3.00. The van der Waals surface area contributed by atoms with Crippen molar-refractivity contribution in [1.82, 2.24) is 4.98 Å². The molecule has 7 heteroatoms. The maximum atomic E-state index is 5.87. The molecule has 2 aromatic carbocycles. The van der Waals surface area contributed by atoms with E-state index in [1.165, 1.54) is 11.3 Å². The number of aromatic nitrogens is 1. The quantitative estimate of drug-likeness (QED) is 0.506. The summed E-state index contributed by atoms with van der Waals surface area (Å²) in [4.78, 5) is 4.07. The van der Waals surface area contributed by atoms with Crippen molar-refractivity contribution in [2.75, 3.05) is 11.2 Å². The number of hydrogen-bond acceptors (Lipinski definition) is 6. The Hall–Kier alpha value is -2.57. The average molecular weight is 359 g/mol. The number of anilines is 2. The topological polar surface area (TPSA) is 72.5 Å². The molecule has 1 aromatic heterocycles. The molecule has 0 atom stereocenters. The molecule has 24 heavy (non-hydrogen) atoms. The van der Waals surface area contributed by atoms with E-state index in [9.17, 15) is 0 Å². The maximum Gasteiger partial charge on any atom is 0.205 e.